The minimum Gasteiger partial charge on any atom is -0.378 e. The van der Waals surface area contributed by atoms with E-state index < -0.39 is 0 Å². The van der Waals surface area contributed by atoms with E-state index >= 15 is 0 Å². The lowest BCUT2D eigenvalue weighted by Gasteiger charge is -2.24. The van der Waals surface area contributed by atoms with E-state index in [9.17, 15) is 0 Å². The van der Waals surface area contributed by atoms with Gasteiger partial charge in [0.2, 0.25) is 0 Å². The van der Waals surface area contributed by atoms with Crippen LogP contribution in [0.2, 0.25) is 10.3 Å². The zero-order chi connectivity index (χ0) is 12.3. The minimum absolute atomic E-state index is 0.153. The van der Waals surface area contributed by atoms with Gasteiger partial charge in [0.1, 0.15) is 0 Å². The fourth-order valence-electron chi connectivity index (χ4n) is 2.17. The molecular weight excluding hydrogens is 259 g/mol. The lowest BCUT2D eigenvalue weighted by atomic mass is 10.0. The van der Waals surface area contributed by atoms with Crippen LogP contribution in [-0.4, -0.2) is 22.3 Å². The average molecular weight is 275 g/mol. The molecule has 1 aliphatic rings. The molecule has 0 aromatic carbocycles. The van der Waals surface area contributed by atoms with Crippen LogP contribution in [0.4, 0.5) is 5.69 Å². The number of hydrogen-bond donors (Lipinski definition) is 2. The Morgan fingerprint density at radius 1 is 1.18 bits per heavy atom. The van der Waals surface area contributed by atoms with Crippen LogP contribution in [0, 0.1) is 0 Å². The fourth-order valence-corrected chi connectivity index (χ4v) is 2.46. The van der Waals surface area contributed by atoms with Crippen molar-refractivity contribution >= 4 is 28.9 Å². The number of aromatic nitrogens is 2. The quantitative estimate of drug-likeness (QED) is 0.815. The smallest absolute Gasteiger partial charge is 0.174 e. The summed E-state index contributed by atoms with van der Waals surface area (Å²) in [4.78, 5) is 0. The topological polar surface area (TPSA) is 63.8 Å². The molecule has 0 radical (unpaired) electrons. The van der Waals surface area contributed by atoms with Crippen molar-refractivity contribution in [1.82, 2.24) is 10.2 Å². The molecule has 1 heterocycles. The molecule has 94 valence electrons. The van der Waals surface area contributed by atoms with E-state index in [0.29, 0.717) is 16.0 Å². The second-order valence-corrected chi connectivity index (χ2v) is 5.17. The number of anilines is 1. The van der Waals surface area contributed by atoms with Gasteiger partial charge in [-0.2, -0.15) is 0 Å². The van der Waals surface area contributed by atoms with Gasteiger partial charge in [-0.15, -0.1) is 10.2 Å². The molecule has 1 fully saturated rings. The van der Waals surface area contributed by atoms with Crippen LogP contribution in [-0.2, 0) is 0 Å². The number of hydrogen-bond acceptors (Lipinski definition) is 4. The SMILES string of the molecule is NC1CCCCCC1Nc1cc(Cl)nnc1Cl. The summed E-state index contributed by atoms with van der Waals surface area (Å²) in [5.41, 5.74) is 6.86. The summed E-state index contributed by atoms with van der Waals surface area (Å²) < 4.78 is 0. The van der Waals surface area contributed by atoms with Gasteiger partial charge in [-0.3, -0.25) is 0 Å². The zero-order valence-electron chi connectivity index (χ0n) is 9.50. The van der Waals surface area contributed by atoms with E-state index in [0.717, 1.165) is 12.8 Å². The van der Waals surface area contributed by atoms with Crippen LogP contribution in [0.5, 0.6) is 0 Å². The van der Waals surface area contributed by atoms with Gasteiger partial charge in [0.05, 0.1) is 5.69 Å². The summed E-state index contributed by atoms with van der Waals surface area (Å²) in [5.74, 6) is 0. The van der Waals surface area contributed by atoms with E-state index in [1.165, 1.54) is 19.3 Å². The lowest BCUT2D eigenvalue weighted by molar-refractivity contribution is 0.528. The third-order valence-corrected chi connectivity index (χ3v) is 3.59. The molecular formula is C11H16Cl2N4. The molecule has 3 N–H and O–H groups in total. The molecule has 0 bridgehead atoms. The Bertz CT molecular complexity index is 386. The number of nitrogens with one attached hydrogen (secondary N) is 1. The monoisotopic (exact) mass is 274 g/mol. The molecule has 1 aromatic heterocycles. The van der Waals surface area contributed by atoms with Crippen LogP contribution < -0.4 is 11.1 Å². The highest BCUT2D eigenvalue weighted by Gasteiger charge is 2.21. The predicted octanol–water partition coefficient (Wildman–Crippen LogP) is 2.86. The number of rotatable bonds is 2. The fraction of sp³-hybridized carbons (Fsp3) is 0.636. The lowest BCUT2D eigenvalue weighted by Crippen LogP contribution is -2.39. The van der Waals surface area contributed by atoms with Crippen molar-refractivity contribution in [1.29, 1.82) is 0 Å². The Labute approximate surface area is 111 Å². The van der Waals surface area contributed by atoms with Crippen LogP contribution in [0.15, 0.2) is 6.07 Å². The summed E-state index contributed by atoms with van der Waals surface area (Å²) >= 11 is 11.8. The Balaban J connectivity index is 2.10. The molecule has 0 spiro atoms. The number of halogens is 2. The Kier molecular flexibility index (Phi) is 4.42. The van der Waals surface area contributed by atoms with E-state index in [4.69, 9.17) is 28.9 Å². The van der Waals surface area contributed by atoms with Gasteiger partial charge in [-0.1, -0.05) is 42.5 Å². The van der Waals surface area contributed by atoms with Gasteiger partial charge in [0.15, 0.2) is 10.3 Å². The zero-order valence-corrected chi connectivity index (χ0v) is 11.0. The van der Waals surface area contributed by atoms with E-state index in [-0.39, 0.29) is 12.1 Å². The second-order valence-electron chi connectivity index (χ2n) is 4.42. The first-order valence-electron chi connectivity index (χ1n) is 5.87. The van der Waals surface area contributed by atoms with Gasteiger partial charge in [0.25, 0.3) is 0 Å². The molecule has 2 rings (SSSR count). The second kappa shape index (κ2) is 5.85. The third kappa shape index (κ3) is 3.44. The van der Waals surface area contributed by atoms with Gasteiger partial charge in [0, 0.05) is 18.2 Å². The minimum atomic E-state index is 0.153. The number of nitrogens with two attached hydrogens (primary N) is 1. The van der Waals surface area contributed by atoms with Gasteiger partial charge < -0.3 is 11.1 Å². The highest BCUT2D eigenvalue weighted by Crippen LogP contribution is 2.25. The normalized spacial score (nSPS) is 25.4. The first kappa shape index (κ1) is 12.9. The van der Waals surface area contributed by atoms with Crippen molar-refractivity contribution in [3.8, 4) is 0 Å². The van der Waals surface area contributed by atoms with Crippen molar-refractivity contribution in [2.45, 2.75) is 44.2 Å². The first-order valence-corrected chi connectivity index (χ1v) is 6.63. The Hall–Kier alpha value is -0.580. The molecule has 4 nitrogen and oxygen atoms in total. The highest BCUT2D eigenvalue weighted by molar-refractivity contribution is 6.33. The summed E-state index contributed by atoms with van der Waals surface area (Å²) in [6.07, 6.45) is 5.73. The summed E-state index contributed by atoms with van der Waals surface area (Å²) in [7, 11) is 0. The van der Waals surface area contributed by atoms with E-state index in [1.54, 1.807) is 6.07 Å². The van der Waals surface area contributed by atoms with E-state index in [2.05, 4.69) is 15.5 Å². The van der Waals surface area contributed by atoms with Gasteiger partial charge in [-0.25, -0.2) is 0 Å². The molecule has 2 unspecified atom stereocenters. The van der Waals surface area contributed by atoms with Crippen molar-refractivity contribution in [2.24, 2.45) is 5.73 Å². The van der Waals surface area contributed by atoms with Crippen LogP contribution in [0.25, 0.3) is 0 Å². The van der Waals surface area contributed by atoms with Gasteiger partial charge in [-0.05, 0) is 12.8 Å². The Morgan fingerprint density at radius 2 is 1.94 bits per heavy atom. The van der Waals surface area contributed by atoms with Crippen molar-refractivity contribution < 1.29 is 0 Å². The molecule has 17 heavy (non-hydrogen) atoms. The highest BCUT2D eigenvalue weighted by atomic mass is 35.5. The van der Waals surface area contributed by atoms with Gasteiger partial charge >= 0.3 is 0 Å². The maximum absolute atomic E-state index is 6.14. The standard InChI is InChI=1S/C11H16Cl2N4/c12-10-6-9(11(13)17-16-10)15-8-5-3-1-2-4-7(8)14/h6-8H,1-5,14H2,(H,15,16). The molecule has 0 aliphatic heterocycles. The largest absolute Gasteiger partial charge is 0.378 e. The first-order chi connectivity index (χ1) is 8.16. The molecule has 1 aliphatic carbocycles. The average Bonchev–Trinajstić information content (AvgIpc) is 2.50. The Morgan fingerprint density at radius 3 is 2.76 bits per heavy atom. The molecule has 6 heteroatoms. The van der Waals surface area contributed by atoms with Crippen LogP contribution in [0.1, 0.15) is 32.1 Å². The maximum Gasteiger partial charge on any atom is 0.174 e. The summed E-state index contributed by atoms with van der Waals surface area (Å²) in [5, 5.41) is 11.5. The predicted molar refractivity (Wildman–Crippen MR) is 70.5 cm³/mol. The molecule has 0 saturated heterocycles. The summed E-state index contributed by atoms with van der Waals surface area (Å²) in [6.45, 7) is 0. The molecule has 0 amide bonds. The van der Waals surface area contributed by atoms with Crippen molar-refractivity contribution in [2.75, 3.05) is 5.32 Å². The van der Waals surface area contributed by atoms with Crippen LogP contribution >= 0.6 is 23.2 Å². The number of nitrogens with zero attached hydrogens (tertiary/aromatic N) is 2. The summed E-state index contributed by atoms with van der Waals surface area (Å²) in [6, 6.07) is 2.07. The van der Waals surface area contributed by atoms with Crippen LogP contribution in [0.3, 0.4) is 0 Å². The third-order valence-electron chi connectivity index (χ3n) is 3.13. The molecule has 1 aromatic rings. The van der Waals surface area contributed by atoms with Crippen molar-refractivity contribution in [3.63, 3.8) is 0 Å². The molecule has 1 saturated carbocycles. The molecule has 2 atom stereocenters. The van der Waals surface area contributed by atoms with Crippen molar-refractivity contribution in [3.05, 3.63) is 16.4 Å². The van der Waals surface area contributed by atoms with E-state index in [1.807, 2.05) is 0 Å². The maximum atomic E-state index is 6.14.